The van der Waals surface area contributed by atoms with Gasteiger partial charge >= 0.3 is 0 Å². The minimum atomic E-state index is -1.46. The highest BCUT2D eigenvalue weighted by atomic mass is 35.5. The number of nitrogens with zero attached hydrogens (tertiary/aromatic N) is 4. The molecule has 1 saturated heterocycles. The van der Waals surface area contributed by atoms with Crippen molar-refractivity contribution in [2.75, 3.05) is 5.73 Å². The van der Waals surface area contributed by atoms with Gasteiger partial charge in [-0.15, -0.1) is 0 Å². The van der Waals surface area contributed by atoms with Gasteiger partial charge < -0.3 is 15.6 Å². The number of aliphatic hydroxyl groups excluding tert-OH is 1. The lowest BCUT2D eigenvalue weighted by Gasteiger charge is -2.16. The smallest absolute Gasteiger partial charge is 0.226 e. The zero-order valence-electron chi connectivity index (χ0n) is 10.6. The summed E-state index contributed by atoms with van der Waals surface area (Å²) in [6.45, 7) is 1.79. The van der Waals surface area contributed by atoms with Crippen molar-refractivity contribution >= 4 is 28.6 Å². The molecule has 2 aromatic heterocycles. The quantitative estimate of drug-likeness (QED) is 0.805. The maximum absolute atomic E-state index is 13.9. The van der Waals surface area contributed by atoms with Crippen LogP contribution in [0.2, 0.25) is 5.28 Å². The second-order valence-electron chi connectivity index (χ2n) is 4.61. The lowest BCUT2D eigenvalue weighted by atomic mass is 10.1. The molecule has 0 aromatic carbocycles. The van der Waals surface area contributed by atoms with Gasteiger partial charge in [0.1, 0.15) is 11.6 Å². The fourth-order valence-electron chi connectivity index (χ4n) is 2.36. The van der Waals surface area contributed by atoms with Crippen LogP contribution in [0.15, 0.2) is 6.33 Å². The van der Waals surface area contributed by atoms with Gasteiger partial charge in [0.15, 0.2) is 23.9 Å². The summed E-state index contributed by atoms with van der Waals surface area (Å²) in [6, 6.07) is 0. The van der Waals surface area contributed by atoms with E-state index >= 15 is 0 Å². The average Bonchev–Trinajstić information content (AvgIpc) is 2.93. The highest BCUT2D eigenvalue weighted by Crippen LogP contribution is 2.34. The first-order chi connectivity index (χ1) is 9.52. The Hall–Kier alpha value is -1.51. The number of aromatic nitrogens is 4. The van der Waals surface area contributed by atoms with Crippen LogP contribution in [0, 0.1) is 0 Å². The van der Waals surface area contributed by atoms with Crippen molar-refractivity contribution in [3.8, 4) is 0 Å². The number of nitrogens with two attached hydrogens (primary N) is 1. The molecule has 4 unspecified atom stereocenters. The van der Waals surface area contributed by atoms with Crippen LogP contribution in [0.4, 0.5) is 10.2 Å². The van der Waals surface area contributed by atoms with Crippen molar-refractivity contribution in [3.63, 3.8) is 0 Å². The molecule has 9 heteroatoms. The number of nitrogen functional groups attached to an aromatic ring is 1. The van der Waals surface area contributed by atoms with Crippen molar-refractivity contribution in [3.05, 3.63) is 11.6 Å². The molecule has 0 saturated carbocycles. The van der Waals surface area contributed by atoms with Crippen LogP contribution in [0.1, 0.15) is 19.6 Å². The number of anilines is 1. The topological polar surface area (TPSA) is 99.1 Å². The first kappa shape index (κ1) is 13.5. The minimum Gasteiger partial charge on any atom is -0.385 e. The van der Waals surface area contributed by atoms with Gasteiger partial charge in [-0.05, 0) is 18.0 Å². The van der Waals surface area contributed by atoms with Crippen molar-refractivity contribution in [2.45, 2.75) is 38.0 Å². The second-order valence-corrected chi connectivity index (χ2v) is 4.95. The van der Waals surface area contributed by atoms with Crippen molar-refractivity contribution in [1.29, 1.82) is 0 Å². The van der Waals surface area contributed by atoms with E-state index in [-0.39, 0.29) is 11.1 Å². The third-order valence-corrected chi connectivity index (χ3v) is 3.55. The summed E-state index contributed by atoms with van der Waals surface area (Å²) < 4.78 is 20.8. The normalized spacial score (nSPS) is 30.2. The van der Waals surface area contributed by atoms with Crippen molar-refractivity contribution in [2.24, 2.45) is 0 Å². The Bertz CT molecular complexity index is 651. The molecule has 0 spiro atoms. The molecule has 1 aliphatic heterocycles. The summed E-state index contributed by atoms with van der Waals surface area (Å²) in [5.41, 5.74) is 6.33. The number of ether oxygens (including phenoxy) is 1. The largest absolute Gasteiger partial charge is 0.385 e. The maximum Gasteiger partial charge on any atom is 0.226 e. The molecule has 7 nitrogen and oxygen atoms in total. The van der Waals surface area contributed by atoms with Gasteiger partial charge in [-0.2, -0.15) is 9.97 Å². The number of halogens is 2. The summed E-state index contributed by atoms with van der Waals surface area (Å²) >= 11 is 5.76. The lowest BCUT2D eigenvalue weighted by molar-refractivity contribution is -0.0355. The van der Waals surface area contributed by atoms with E-state index in [1.54, 1.807) is 6.92 Å². The van der Waals surface area contributed by atoms with Gasteiger partial charge in [-0.1, -0.05) is 6.92 Å². The molecular formula is C11H13ClFN5O2. The van der Waals surface area contributed by atoms with E-state index in [4.69, 9.17) is 22.1 Å². The minimum absolute atomic E-state index is 0.0481. The number of hydrogen-bond acceptors (Lipinski definition) is 6. The van der Waals surface area contributed by atoms with Gasteiger partial charge in [0, 0.05) is 0 Å². The van der Waals surface area contributed by atoms with Crippen LogP contribution in [0.25, 0.3) is 11.2 Å². The predicted octanol–water partition coefficient (Wildman–Crippen LogP) is 1.07. The molecule has 1 fully saturated rings. The molecule has 20 heavy (non-hydrogen) atoms. The molecule has 1 aliphatic rings. The Morgan fingerprint density at radius 3 is 2.95 bits per heavy atom. The third-order valence-electron chi connectivity index (χ3n) is 3.39. The molecule has 108 valence electrons. The maximum atomic E-state index is 13.9. The van der Waals surface area contributed by atoms with E-state index in [0.717, 1.165) is 0 Å². The van der Waals surface area contributed by atoms with E-state index in [9.17, 15) is 9.50 Å². The summed E-state index contributed by atoms with van der Waals surface area (Å²) in [4.78, 5) is 11.9. The van der Waals surface area contributed by atoms with Gasteiger partial charge in [-0.25, -0.2) is 9.37 Å². The molecule has 0 aliphatic carbocycles. The fourth-order valence-corrected chi connectivity index (χ4v) is 2.53. The van der Waals surface area contributed by atoms with E-state index in [1.807, 2.05) is 0 Å². The van der Waals surface area contributed by atoms with Crippen LogP contribution in [-0.4, -0.2) is 43.0 Å². The van der Waals surface area contributed by atoms with Crippen LogP contribution in [-0.2, 0) is 4.74 Å². The monoisotopic (exact) mass is 300 g/mol. The highest BCUT2D eigenvalue weighted by Gasteiger charge is 2.44. The van der Waals surface area contributed by atoms with Gasteiger partial charge in [0.25, 0.3) is 0 Å². The molecule has 0 radical (unpaired) electrons. The summed E-state index contributed by atoms with van der Waals surface area (Å²) in [7, 11) is 0. The summed E-state index contributed by atoms with van der Waals surface area (Å²) in [6.07, 6.45) is -2.50. The van der Waals surface area contributed by atoms with Crippen LogP contribution in [0.3, 0.4) is 0 Å². The molecular weight excluding hydrogens is 288 g/mol. The number of alkyl halides is 1. The Labute approximate surface area is 118 Å². The van der Waals surface area contributed by atoms with Crippen molar-refractivity contribution < 1.29 is 14.2 Å². The standard InChI is InChI=1S/C11H13ClFN5O2/c1-2-4-5(13)7(19)10(20-4)18-3-15-6-8(14)16-11(12)17-9(6)18/h3-5,7,10,19H,2H2,1H3,(H2,14,16,17)/i13-1. The molecule has 4 atom stereocenters. The van der Waals surface area contributed by atoms with Crippen molar-refractivity contribution in [1.82, 2.24) is 19.5 Å². The Morgan fingerprint density at radius 2 is 2.30 bits per heavy atom. The Morgan fingerprint density at radius 1 is 1.55 bits per heavy atom. The van der Waals surface area contributed by atoms with Gasteiger partial charge in [-0.3, -0.25) is 4.57 Å². The number of aliphatic hydroxyl groups is 1. The lowest BCUT2D eigenvalue weighted by Crippen LogP contribution is -2.27. The summed E-state index contributed by atoms with van der Waals surface area (Å²) in [5, 5.41) is 9.92. The zero-order valence-corrected chi connectivity index (χ0v) is 11.3. The van der Waals surface area contributed by atoms with Crippen LogP contribution in [0.5, 0.6) is 0 Å². The zero-order chi connectivity index (χ0) is 14.4. The van der Waals surface area contributed by atoms with Crippen LogP contribution < -0.4 is 5.73 Å². The van der Waals surface area contributed by atoms with E-state index in [0.29, 0.717) is 17.6 Å². The number of hydrogen-bond donors (Lipinski definition) is 2. The molecule has 3 N–H and O–H groups in total. The Kier molecular flexibility index (Phi) is 3.23. The van der Waals surface area contributed by atoms with E-state index in [2.05, 4.69) is 15.0 Å². The van der Waals surface area contributed by atoms with E-state index in [1.165, 1.54) is 10.9 Å². The number of imidazole rings is 1. The molecule has 2 aromatic rings. The first-order valence-electron chi connectivity index (χ1n) is 6.16. The molecule has 0 amide bonds. The Balaban J connectivity index is 2.07. The first-order valence-corrected chi connectivity index (χ1v) is 6.54. The molecule has 3 heterocycles. The van der Waals surface area contributed by atoms with Gasteiger partial charge in [0.05, 0.1) is 12.4 Å². The number of fused-ring (bicyclic) bond motifs is 1. The third kappa shape index (κ3) is 1.91. The SMILES string of the molecule is CCC1OC(n2cnc3c(N)nc(Cl)nc32)C(O)C1[18F]. The fraction of sp³-hybridized carbons (Fsp3) is 0.545. The predicted molar refractivity (Wildman–Crippen MR) is 69.8 cm³/mol. The van der Waals surface area contributed by atoms with Crippen LogP contribution >= 0.6 is 11.6 Å². The van der Waals surface area contributed by atoms with E-state index < -0.39 is 24.6 Å². The molecule has 3 rings (SSSR count). The van der Waals surface area contributed by atoms with Gasteiger partial charge in [0.2, 0.25) is 5.28 Å². The number of rotatable bonds is 2. The highest BCUT2D eigenvalue weighted by molar-refractivity contribution is 6.28. The average molecular weight is 301 g/mol. The second kappa shape index (κ2) is 4.80. The summed E-state index contributed by atoms with van der Waals surface area (Å²) in [5.74, 6) is 0.120. The molecule has 0 bridgehead atoms.